The molecule has 7 heavy (non-hydrogen) atoms. The topological polar surface area (TPSA) is 24.5 Å². The van der Waals surface area contributed by atoms with Gasteiger partial charge in [-0.2, -0.15) is 0 Å². The van der Waals surface area contributed by atoms with Crippen molar-refractivity contribution in [1.29, 1.82) is 0 Å². The fraction of sp³-hybridized carbons (Fsp3) is 0. The summed E-state index contributed by atoms with van der Waals surface area (Å²) in [7, 11) is 0. The van der Waals surface area contributed by atoms with E-state index < -0.39 is 0 Å². The maximum Gasteiger partial charge on any atom is 0.132 e. The molecule has 0 unspecified atom stereocenters. The number of thiol groups is 1. The molecule has 1 radical (unpaired) electrons. The Kier molecular flexibility index (Phi) is 3.59. The second kappa shape index (κ2) is 3.40. The van der Waals surface area contributed by atoms with Crippen LogP contribution in [0.15, 0.2) is 12.5 Å². The van der Waals surface area contributed by atoms with Crippen LogP contribution in [0.2, 0.25) is 0 Å². The molecule has 0 amide bonds. The quantitative estimate of drug-likeness (QED) is 0.438. The SMILES string of the molecule is SN1NC=CO1.[Ag]. The summed E-state index contributed by atoms with van der Waals surface area (Å²) in [5.41, 5.74) is 2.61. The summed E-state index contributed by atoms with van der Waals surface area (Å²) in [4.78, 5) is 4.56. The van der Waals surface area contributed by atoms with Gasteiger partial charge in [-0.1, -0.05) is 0 Å². The fourth-order valence-electron chi connectivity index (χ4n) is 0.213. The van der Waals surface area contributed by atoms with E-state index in [1.807, 2.05) is 0 Å². The molecule has 0 saturated heterocycles. The molecule has 0 saturated carbocycles. The summed E-state index contributed by atoms with van der Waals surface area (Å²) in [5, 5.41) is 0. The zero-order valence-corrected chi connectivity index (χ0v) is 5.64. The largest absolute Gasteiger partial charge is 0.382 e. The maximum atomic E-state index is 4.56. The van der Waals surface area contributed by atoms with Crippen molar-refractivity contribution in [2.75, 3.05) is 0 Å². The van der Waals surface area contributed by atoms with Crippen LogP contribution >= 0.6 is 12.8 Å². The van der Waals surface area contributed by atoms with Gasteiger partial charge in [0.15, 0.2) is 0 Å². The van der Waals surface area contributed by atoms with E-state index in [-0.39, 0.29) is 22.4 Å². The molecule has 0 aromatic heterocycles. The van der Waals surface area contributed by atoms with Crippen LogP contribution in [0.5, 0.6) is 0 Å². The number of hydrogen-bond acceptors (Lipinski definition) is 4. The molecule has 3 nitrogen and oxygen atoms in total. The van der Waals surface area contributed by atoms with Crippen molar-refractivity contribution >= 4 is 12.8 Å². The first-order valence-electron chi connectivity index (χ1n) is 1.46. The van der Waals surface area contributed by atoms with Crippen LogP contribution in [0, 0.1) is 0 Å². The van der Waals surface area contributed by atoms with Crippen LogP contribution in [0.25, 0.3) is 0 Å². The Balaban J connectivity index is 0.000000360. The zero-order valence-electron chi connectivity index (χ0n) is 3.26. The number of hydrazine groups is 1. The van der Waals surface area contributed by atoms with E-state index >= 15 is 0 Å². The molecule has 1 N–H and O–H groups in total. The van der Waals surface area contributed by atoms with E-state index in [9.17, 15) is 0 Å². The molecule has 5 heteroatoms. The van der Waals surface area contributed by atoms with Crippen molar-refractivity contribution < 1.29 is 27.2 Å². The molecule has 0 aromatic rings. The van der Waals surface area contributed by atoms with Crippen LogP contribution in [0.1, 0.15) is 0 Å². The minimum atomic E-state index is 0. The van der Waals surface area contributed by atoms with Crippen molar-refractivity contribution in [3.05, 3.63) is 12.5 Å². The Bertz CT molecular complexity index is 70.1. The normalized spacial score (nSPS) is 17.3. The number of nitrogens with one attached hydrogen (secondary N) is 1. The van der Waals surface area contributed by atoms with Gasteiger partial charge < -0.3 is 4.84 Å². The molecule has 1 heterocycles. The Morgan fingerprint density at radius 1 is 1.71 bits per heavy atom. The van der Waals surface area contributed by atoms with E-state index in [2.05, 4.69) is 23.1 Å². The Labute approximate surface area is 62.7 Å². The molecule has 0 aliphatic carbocycles. The van der Waals surface area contributed by atoms with Crippen LogP contribution < -0.4 is 5.43 Å². The predicted molar refractivity (Wildman–Crippen MR) is 24.2 cm³/mol. The van der Waals surface area contributed by atoms with Gasteiger partial charge in [-0.25, -0.2) is 0 Å². The minimum Gasteiger partial charge on any atom is -0.382 e. The van der Waals surface area contributed by atoms with Crippen molar-refractivity contribution in [3.63, 3.8) is 0 Å². The smallest absolute Gasteiger partial charge is 0.132 e. The van der Waals surface area contributed by atoms with Crippen LogP contribution in [-0.4, -0.2) is 4.58 Å². The van der Waals surface area contributed by atoms with E-state index in [4.69, 9.17) is 0 Å². The third-order valence-electron chi connectivity index (χ3n) is 0.414. The predicted octanol–water partition coefficient (Wildman–Crippen LogP) is 0.0517. The van der Waals surface area contributed by atoms with Crippen LogP contribution in [0.4, 0.5) is 0 Å². The number of nitrogens with zero attached hydrogens (tertiary/aromatic N) is 1. The molecule has 0 spiro atoms. The van der Waals surface area contributed by atoms with Gasteiger partial charge in [0.05, 0.1) is 6.20 Å². The second-order valence-electron chi connectivity index (χ2n) is 0.810. The average Bonchev–Trinajstić information content (AvgIpc) is 1.86. The number of rotatable bonds is 0. The third kappa shape index (κ3) is 2.26. The summed E-state index contributed by atoms with van der Waals surface area (Å²) in [6, 6.07) is 0. The monoisotopic (exact) mass is 211 g/mol. The third-order valence-corrected chi connectivity index (χ3v) is 0.623. The van der Waals surface area contributed by atoms with E-state index in [1.165, 1.54) is 10.8 Å². The molecule has 0 aromatic carbocycles. The Morgan fingerprint density at radius 3 is 2.57 bits per heavy atom. The minimum absolute atomic E-state index is 0. The van der Waals surface area contributed by atoms with Gasteiger partial charge in [0.2, 0.25) is 0 Å². The summed E-state index contributed by atoms with van der Waals surface area (Å²) in [6.45, 7) is 0. The summed E-state index contributed by atoms with van der Waals surface area (Å²) >= 11 is 3.73. The van der Waals surface area contributed by atoms with E-state index in [1.54, 1.807) is 6.20 Å². The van der Waals surface area contributed by atoms with E-state index in [0.717, 1.165) is 0 Å². The van der Waals surface area contributed by atoms with Gasteiger partial charge in [-0.05, 0) is 12.8 Å². The average molecular weight is 212 g/mol. The fourth-order valence-corrected chi connectivity index (χ4v) is 0.334. The first-order chi connectivity index (χ1) is 2.89. The standard InChI is InChI=1S/C2H4N2OS.Ag/c6-4-3-1-2-5-4;/h1-3,6H;. The van der Waals surface area contributed by atoms with Gasteiger partial charge in [0.25, 0.3) is 0 Å². The molecule has 45 valence electrons. The van der Waals surface area contributed by atoms with Gasteiger partial charge in [-0.15, -0.1) is 0 Å². The summed E-state index contributed by atoms with van der Waals surface area (Å²) in [5.74, 6) is 0. The molecule has 1 aliphatic heterocycles. The molecule has 1 aliphatic rings. The molecule has 1 rings (SSSR count). The van der Waals surface area contributed by atoms with Crippen LogP contribution in [0.3, 0.4) is 0 Å². The van der Waals surface area contributed by atoms with Gasteiger partial charge in [0, 0.05) is 27.0 Å². The van der Waals surface area contributed by atoms with Crippen molar-refractivity contribution in [3.8, 4) is 0 Å². The van der Waals surface area contributed by atoms with Crippen LogP contribution in [-0.2, 0) is 27.2 Å². The van der Waals surface area contributed by atoms with Gasteiger partial charge in [-0.3, -0.25) is 5.43 Å². The second-order valence-corrected chi connectivity index (χ2v) is 1.17. The molecular weight excluding hydrogens is 208 g/mol. The summed E-state index contributed by atoms with van der Waals surface area (Å²) in [6.07, 6.45) is 3.12. The zero-order chi connectivity index (χ0) is 4.41. The van der Waals surface area contributed by atoms with Gasteiger partial charge >= 0.3 is 0 Å². The molecule has 0 fully saturated rings. The first kappa shape index (κ1) is 7.39. The molecular formula is C2H4AgN2OS. The Morgan fingerprint density at radius 2 is 2.43 bits per heavy atom. The number of hydrogen-bond donors (Lipinski definition) is 2. The summed E-state index contributed by atoms with van der Waals surface area (Å²) < 4.78 is 1.19. The maximum absolute atomic E-state index is 4.56. The van der Waals surface area contributed by atoms with E-state index in [0.29, 0.717) is 0 Å². The molecule has 0 atom stereocenters. The Hall–Kier alpha value is 0.390. The first-order valence-corrected chi connectivity index (χ1v) is 1.86. The van der Waals surface area contributed by atoms with Crippen molar-refractivity contribution in [1.82, 2.24) is 10.0 Å². The van der Waals surface area contributed by atoms with Crippen molar-refractivity contribution in [2.24, 2.45) is 0 Å². The van der Waals surface area contributed by atoms with Crippen molar-refractivity contribution in [2.45, 2.75) is 0 Å². The molecule has 0 bridgehead atoms. The van der Waals surface area contributed by atoms with Gasteiger partial charge in [0.1, 0.15) is 6.26 Å².